The molecule has 2 saturated heterocycles. The Kier molecular flexibility index (Phi) is 6.94. The van der Waals surface area contributed by atoms with Crippen LogP contribution in [-0.4, -0.2) is 73.4 Å². The Morgan fingerprint density at radius 2 is 2.00 bits per heavy atom. The average Bonchev–Trinajstić information content (AvgIpc) is 2.72. The zero-order valence-corrected chi connectivity index (χ0v) is 17.0. The third-order valence-corrected chi connectivity index (χ3v) is 7.53. The van der Waals surface area contributed by atoms with Crippen molar-refractivity contribution in [3.63, 3.8) is 0 Å². The first-order valence-corrected chi connectivity index (χ1v) is 11.0. The van der Waals surface area contributed by atoms with Gasteiger partial charge in [0.1, 0.15) is 5.75 Å². The average molecular weight is 418 g/mol. The largest absolute Gasteiger partial charge is 0.495 e. The maximum absolute atomic E-state index is 13.7. The van der Waals surface area contributed by atoms with Crippen LogP contribution >= 0.6 is 19.3 Å². The number of anilines is 1. The van der Waals surface area contributed by atoms with Gasteiger partial charge in [0.15, 0.2) is 0 Å². The predicted molar refractivity (Wildman–Crippen MR) is 105 cm³/mol. The summed E-state index contributed by atoms with van der Waals surface area (Å²) in [5, 5.41) is 4.13. The molecule has 9 nitrogen and oxygen atoms in total. The number of halogens is 1. The van der Waals surface area contributed by atoms with E-state index in [0.29, 0.717) is 45.8 Å². The first-order valence-electron chi connectivity index (χ1n) is 8.96. The van der Waals surface area contributed by atoms with Crippen molar-refractivity contribution in [3.8, 4) is 5.75 Å². The fourth-order valence-corrected chi connectivity index (χ4v) is 5.98. The molecular formula is C16H25ClN5O4P. The van der Waals surface area contributed by atoms with Crippen LogP contribution in [0.5, 0.6) is 5.75 Å². The van der Waals surface area contributed by atoms with Crippen molar-refractivity contribution >= 4 is 25.0 Å². The van der Waals surface area contributed by atoms with E-state index >= 15 is 0 Å². The van der Waals surface area contributed by atoms with E-state index in [1.54, 1.807) is 7.11 Å². The maximum Gasteiger partial charge on any atom is 0.365 e. The van der Waals surface area contributed by atoms with Gasteiger partial charge in [-0.15, -0.1) is 21.3 Å². The van der Waals surface area contributed by atoms with Crippen LogP contribution in [0.2, 0.25) is 0 Å². The summed E-state index contributed by atoms with van der Waals surface area (Å²) in [6.07, 6.45) is 0.680. The molecule has 11 heteroatoms. The van der Waals surface area contributed by atoms with Crippen LogP contribution in [0.25, 0.3) is 0 Å². The van der Waals surface area contributed by atoms with Crippen molar-refractivity contribution in [2.24, 2.45) is 5.29 Å². The van der Waals surface area contributed by atoms with Crippen LogP contribution in [0.3, 0.4) is 0 Å². The lowest BCUT2D eigenvalue weighted by atomic mass is 10.2. The van der Waals surface area contributed by atoms with Crippen molar-refractivity contribution in [3.05, 3.63) is 29.2 Å². The predicted octanol–water partition coefficient (Wildman–Crippen LogP) is 2.78. The Bertz CT molecular complexity index is 689. The first-order chi connectivity index (χ1) is 13.1. The minimum Gasteiger partial charge on any atom is -0.495 e. The van der Waals surface area contributed by atoms with Crippen molar-refractivity contribution in [1.82, 2.24) is 14.6 Å². The van der Waals surface area contributed by atoms with E-state index in [0.717, 1.165) is 16.6 Å². The molecule has 0 N–H and O–H groups in total. The van der Waals surface area contributed by atoms with E-state index in [4.69, 9.17) is 20.9 Å². The minimum absolute atomic E-state index is 0.194. The van der Waals surface area contributed by atoms with Crippen LogP contribution < -0.4 is 9.64 Å². The third-order valence-electron chi connectivity index (χ3n) is 4.74. The molecule has 0 saturated carbocycles. The topological polar surface area (TPSA) is 77.9 Å². The molecule has 2 aliphatic heterocycles. The van der Waals surface area contributed by atoms with Gasteiger partial charge < -0.3 is 14.2 Å². The number of methoxy groups -OCH3 is 1. The molecule has 1 aromatic carbocycles. The molecule has 1 atom stereocenters. The molecule has 0 aromatic heterocycles. The smallest absolute Gasteiger partial charge is 0.365 e. The second-order valence-corrected chi connectivity index (χ2v) is 8.90. The van der Waals surface area contributed by atoms with Gasteiger partial charge in [-0.1, -0.05) is 12.1 Å². The van der Waals surface area contributed by atoms with Gasteiger partial charge in [-0.2, -0.15) is 5.12 Å². The number of para-hydroxylation sites is 2. The zero-order chi connectivity index (χ0) is 19.3. The number of ether oxygens (including phenoxy) is 1. The lowest BCUT2D eigenvalue weighted by molar-refractivity contribution is 0.00787. The van der Waals surface area contributed by atoms with E-state index in [1.807, 2.05) is 28.9 Å². The Hall–Kier alpha value is -1.38. The number of piperazine rings is 1. The van der Waals surface area contributed by atoms with E-state index < -0.39 is 7.67 Å². The number of hydrogen-bond donors (Lipinski definition) is 0. The quantitative estimate of drug-likeness (QED) is 0.290. The molecule has 0 radical (unpaired) electrons. The Labute approximate surface area is 164 Å². The van der Waals surface area contributed by atoms with Gasteiger partial charge >= 0.3 is 7.67 Å². The first kappa shape index (κ1) is 20.4. The highest BCUT2D eigenvalue weighted by Gasteiger charge is 2.45. The van der Waals surface area contributed by atoms with Gasteiger partial charge in [0, 0.05) is 38.6 Å². The van der Waals surface area contributed by atoms with Crippen LogP contribution in [0, 0.1) is 4.91 Å². The molecule has 0 aliphatic carbocycles. The summed E-state index contributed by atoms with van der Waals surface area (Å²) in [6, 6.07) is 7.84. The van der Waals surface area contributed by atoms with Crippen LogP contribution in [-0.2, 0) is 9.09 Å². The number of benzene rings is 1. The number of hydrogen-bond acceptors (Lipinski definition) is 6. The monoisotopic (exact) mass is 417 g/mol. The number of rotatable bonds is 7. The number of nitrogens with zero attached hydrogens (tertiary/aromatic N) is 5. The summed E-state index contributed by atoms with van der Waals surface area (Å²) in [4.78, 5) is 13.4. The lowest BCUT2D eigenvalue weighted by Crippen LogP contribution is -2.51. The molecule has 27 heavy (non-hydrogen) atoms. The molecule has 2 fully saturated rings. The highest BCUT2D eigenvalue weighted by molar-refractivity contribution is 7.53. The van der Waals surface area contributed by atoms with Crippen molar-refractivity contribution in [2.45, 2.75) is 6.42 Å². The van der Waals surface area contributed by atoms with Gasteiger partial charge in [0.2, 0.25) is 0 Å². The normalized spacial score (nSPS) is 24.6. The molecule has 0 amide bonds. The van der Waals surface area contributed by atoms with Gasteiger partial charge in [0.05, 0.1) is 31.2 Å². The van der Waals surface area contributed by atoms with Gasteiger partial charge in [-0.25, -0.2) is 4.67 Å². The second kappa shape index (κ2) is 9.21. The molecule has 150 valence electrons. The van der Waals surface area contributed by atoms with Gasteiger partial charge in [0.25, 0.3) is 0 Å². The molecule has 2 aliphatic rings. The van der Waals surface area contributed by atoms with Crippen LogP contribution in [0.1, 0.15) is 6.42 Å². The zero-order valence-electron chi connectivity index (χ0n) is 15.4. The molecule has 0 bridgehead atoms. The van der Waals surface area contributed by atoms with Gasteiger partial charge in [-0.05, 0) is 18.6 Å². The van der Waals surface area contributed by atoms with E-state index in [2.05, 4.69) is 10.2 Å². The van der Waals surface area contributed by atoms with Gasteiger partial charge in [-0.3, -0.25) is 4.57 Å². The van der Waals surface area contributed by atoms with Crippen molar-refractivity contribution < 1.29 is 13.8 Å². The Morgan fingerprint density at radius 1 is 1.26 bits per heavy atom. The number of hydrazine groups is 1. The fourth-order valence-electron chi connectivity index (χ4n) is 3.41. The summed E-state index contributed by atoms with van der Waals surface area (Å²) < 4.78 is 28.1. The van der Waals surface area contributed by atoms with Crippen LogP contribution in [0.15, 0.2) is 29.6 Å². The molecule has 1 aromatic rings. The standard InChI is InChI=1S/C16H25ClN5O4P/c1-25-16-6-3-2-5-15(16)19-10-12-20(13-11-19)27(24)22(8-4-14-26-27)21(18-23)9-7-17/h2-3,5-6H,4,7-14H2,1H3. The molecule has 1 unspecified atom stereocenters. The van der Waals surface area contributed by atoms with E-state index in [9.17, 15) is 9.47 Å². The summed E-state index contributed by atoms with van der Waals surface area (Å²) in [5.41, 5.74) is 1.01. The minimum atomic E-state index is -3.36. The molecular weight excluding hydrogens is 393 g/mol. The van der Waals surface area contributed by atoms with Crippen molar-refractivity contribution in [1.29, 1.82) is 0 Å². The van der Waals surface area contributed by atoms with Crippen LogP contribution in [0.4, 0.5) is 5.69 Å². The highest BCUT2D eigenvalue weighted by atomic mass is 35.5. The van der Waals surface area contributed by atoms with E-state index in [-0.39, 0.29) is 12.4 Å². The van der Waals surface area contributed by atoms with E-state index in [1.165, 1.54) is 4.78 Å². The lowest BCUT2D eigenvalue weighted by Gasteiger charge is -2.46. The van der Waals surface area contributed by atoms with Crippen molar-refractivity contribution in [2.75, 3.05) is 63.8 Å². The SMILES string of the molecule is COc1ccccc1N1CCN(P2(=O)OCCCN2N(CCCl)N=O)CC1. The fraction of sp³-hybridized carbons (Fsp3) is 0.625. The molecule has 3 rings (SSSR count). The summed E-state index contributed by atoms with van der Waals surface area (Å²) in [5.74, 6) is 1.02. The second-order valence-electron chi connectivity index (χ2n) is 6.25. The summed E-state index contributed by atoms with van der Waals surface area (Å²) in [7, 11) is -1.70. The Balaban J connectivity index is 1.73. The number of nitroso groups, excluding NO2 is 1. The summed E-state index contributed by atoms with van der Waals surface area (Å²) >= 11 is 5.76. The maximum atomic E-state index is 13.7. The Morgan fingerprint density at radius 3 is 2.67 bits per heavy atom. The molecule has 0 spiro atoms. The molecule has 2 heterocycles. The summed E-state index contributed by atoms with van der Waals surface area (Å²) in [6.45, 7) is 3.47. The number of alkyl halides is 1. The highest BCUT2D eigenvalue weighted by Crippen LogP contribution is 2.57. The third kappa shape index (κ3) is 4.22.